The number of aromatic nitrogens is 2. The highest BCUT2D eigenvalue weighted by atomic mass is 16.5. The van der Waals surface area contributed by atoms with Crippen molar-refractivity contribution in [1.82, 2.24) is 14.0 Å². The molecule has 0 N–H and O–H groups in total. The molecule has 26 heavy (non-hydrogen) atoms. The number of ether oxygens (including phenoxy) is 1. The molecule has 6 nitrogen and oxygen atoms in total. The highest BCUT2D eigenvalue weighted by Crippen LogP contribution is 2.18. The lowest BCUT2D eigenvalue weighted by Gasteiger charge is -2.34. The van der Waals surface area contributed by atoms with E-state index < -0.39 is 0 Å². The molecule has 0 aliphatic rings. The van der Waals surface area contributed by atoms with Crippen molar-refractivity contribution in [2.24, 2.45) is 0 Å². The Morgan fingerprint density at radius 2 is 1.77 bits per heavy atom. The Morgan fingerprint density at radius 1 is 1.15 bits per heavy atom. The molecule has 1 amide bonds. The van der Waals surface area contributed by atoms with E-state index in [0.29, 0.717) is 13.1 Å². The lowest BCUT2D eigenvalue weighted by atomic mass is 10.1. The molecule has 0 unspecified atom stereocenters. The summed E-state index contributed by atoms with van der Waals surface area (Å²) in [4.78, 5) is 26.5. The quantitative estimate of drug-likeness (QED) is 0.730. The number of unbranched alkanes of at least 4 members (excludes halogenated alkanes) is 1. The third-order valence-corrected chi connectivity index (χ3v) is 4.60. The van der Waals surface area contributed by atoms with Gasteiger partial charge in [0, 0.05) is 24.7 Å². The fourth-order valence-corrected chi connectivity index (χ4v) is 3.30. The Balaban J connectivity index is 2.12. The predicted octanol–water partition coefficient (Wildman–Crippen LogP) is 4.03. The van der Waals surface area contributed by atoms with E-state index in [4.69, 9.17) is 4.74 Å². The van der Waals surface area contributed by atoms with Crippen LogP contribution in [0.3, 0.4) is 0 Å². The molecule has 0 radical (unpaired) electrons. The summed E-state index contributed by atoms with van der Waals surface area (Å²) in [5, 5.41) is 0. The van der Waals surface area contributed by atoms with E-state index in [1.807, 2.05) is 68.0 Å². The van der Waals surface area contributed by atoms with E-state index in [2.05, 4.69) is 0 Å². The molecular weight excluding hydrogens is 330 g/mol. The monoisotopic (exact) mass is 361 g/mol. The SMILES string of the molecule is COC(=O)N(CCCCn1c(=O)n(C(C)C)c2ccccc21)C(C)(C)C. The molecule has 0 bridgehead atoms. The van der Waals surface area contributed by atoms with Crippen LogP contribution in [-0.2, 0) is 11.3 Å². The van der Waals surface area contributed by atoms with Crippen LogP contribution in [0.4, 0.5) is 4.79 Å². The van der Waals surface area contributed by atoms with Crippen LogP contribution in [0.2, 0.25) is 0 Å². The molecule has 0 saturated carbocycles. The van der Waals surface area contributed by atoms with Crippen molar-refractivity contribution in [3.05, 3.63) is 34.7 Å². The fourth-order valence-electron chi connectivity index (χ4n) is 3.30. The Labute approximate surface area is 155 Å². The van der Waals surface area contributed by atoms with Crippen LogP contribution in [0.25, 0.3) is 11.0 Å². The Hall–Kier alpha value is -2.24. The first kappa shape index (κ1) is 20.1. The number of benzene rings is 1. The lowest BCUT2D eigenvalue weighted by Crippen LogP contribution is -2.46. The van der Waals surface area contributed by atoms with Gasteiger partial charge >= 0.3 is 11.8 Å². The van der Waals surface area contributed by atoms with Gasteiger partial charge in [0.15, 0.2) is 0 Å². The number of hydrogen-bond acceptors (Lipinski definition) is 3. The van der Waals surface area contributed by atoms with Gasteiger partial charge in [-0.25, -0.2) is 9.59 Å². The van der Waals surface area contributed by atoms with Crippen LogP contribution in [-0.4, -0.2) is 39.3 Å². The van der Waals surface area contributed by atoms with Crippen molar-refractivity contribution in [1.29, 1.82) is 0 Å². The second kappa shape index (κ2) is 7.98. The molecule has 2 aromatic rings. The van der Waals surface area contributed by atoms with E-state index in [-0.39, 0.29) is 23.4 Å². The minimum Gasteiger partial charge on any atom is -0.453 e. The molecule has 144 valence electrons. The molecular formula is C20H31N3O3. The zero-order valence-corrected chi connectivity index (χ0v) is 16.8. The first-order chi connectivity index (χ1) is 12.2. The molecule has 2 rings (SSSR count). The van der Waals surface area contributed by atoms with Crippen LogP contribution < -0.4 is 5.69 Å². The molecule has 0 saturated heterocycles. The van der Waals surface area contributed by atoms with Crippen molar-refractivity contribution in [3.63, 3.8) is 0 Å². The summed E-state index contributed by atoms with van der Waals surface area (Å²) in [5.74, 6) is 0. The van der Waals surface area contributed by atoms with Crippen molar-refractivity contribution in [2.75, 3.05) is 13.7 Å². The number of methoxy groups -OCH3 is 1. The zero-order chi connectivity index (χ0) is 19.5. The summed E-state index contributed by atoms with van der Waals surface area (Å²) in [7, 11) is 1.40. The van der Waals surface area contributed by atoms with E-state index in [1.54, 1.807) is 4.90 Å². The third kappa shape index (κ3) is 4.11. The van der Waals surface area contributed by atoms with Gasteiger partial charge < -0.3 is 9.64 Å². The summed E-state index contributed by atoms with van der Waals surface area (Å²) in [5.41, 5.74) is 1.67. The molecule has 0 aliphatic heterocycles. The van der Waals surface area contributed by atoms with Gasteiger partial charge in [-0.3, -0.25) is 9.13 Å². The first-order valence-electron chi connectivity index (χ1n) is 9.23. The largest absolute Gasteiger partial charge is 0.453 e. The second-order valence-electron chi connectivity index (χ2n) is 7.89. The number of amides is 1. The number of carbonyl (C=O) groups is 1. The minimum absolute atomic E-state index is 0.0295. The van der Waals surface area contributed by atoms with Crippen LogP contribution in [0, 0.1) is 0 Å². The maximum Gasteiger partial charge on any atom is 0.409 e. The van der Waals surface area contributed by atoms with Crippen molar-refractivity contribution in [3.8, 4) is 0 Å². The maximum absolute atomic E-state index is 12.8. The third-order valence-electron chi connectivity index (χ3n) is 4.60. The Morgan fingerprint density at radius 3 is 2.31 bits per heavy atom. The van der Waals surface area contributed by atoms with Crippen LogP contribution >= 0.6 is 0 Å². The predicted molar refractivity (Wildman–Crippen MR) is 105 cm³/mol. The average molecular weight is 361 g/mol. The van der Waals surface area contributed by atoms with Gasteiger partial charge in [-0.2, -0.15) is 0 Å². The number of carbonyl (C=O) groups excluding carboxylic acids is 1. The summed E-state index contributed by atoms with van der Waals surface area (Å²) < 4.78 is 8.57. The second-order valence-corrected chi connectivity index (χ2v) is 7.89. The molecule has 0 atom stereocenters. The van der Waals surface area contributed by atoms with Crippen molar-refractivity contribution >= 4 is 17.1 Å². The number of fused-ring (bicyclic) bond motifs is 1. The normalized spacial score (nSPS) is 12.0. The van der Waals surface area contributed by atoms with Crippen LogP contribution in [0.5, 0.6) is 0 Å². The Kier molecular flexibility index (Phi) is 6.16. The van der Waals surface area contributed by atoms with Gasteiger partial charge in [0.2, 0.25) is 0 Å². The van der Waals surface area contributed by atoms with E-state index in [9.17, 15) is 9.59 Å². The van der Waals surface area contributed by atoms with Crippen LogP contribution in [0.1, 0.15) is 53.5 Å². The van der Waals surface area contributed by atoms with E-state index in [1.165, 1.54) is 7.11 Å². The highest BCUT2D eigenvalue weighted by Gasteiger charge is 2.26. The summed E-state index contributed by atoms with van der Waals surface area (Å²) in [6, 6.07) is 8.02. The topological polar surface area (TPSA) is 56.5 Å². The molecule has 0 aliphatic carbocycles. The molecule has 0 spiro atoms. The van der Waals surface area contributed by atoms with Gasteiger partial charge in [0.25, 0.3) is 0 Å². The molecule has 1 heterocycles. The Bertz CT molecular complexity index is 812. The summed E-state index contributed by atoms with van der Waals surface area (Å²) in [6.45, 7) is 11.3. The number of para-hydroxylation sites is 2. The lowest BCUT2D eigenvalue weighted by molar-refractivity contribution is 0.0824. The molecule has 0 fully saturated rings. The number of rotatable bonds is 6. The van der Waals surface area contributed by atoms with E-state index >= 15 is 0 Å². The first-order valence-corrected chi connectivity index (χ1v) is 9.23. The number of aryl methyl sites for hydroxylation is 1. The van der Waals surface area contributed by atoms with Gasteiger partial charge in [-0.15, -0.1) is 0 Å². The summed E-state index contributed by atoms with van der Waals surface area (Å²) in [6.07, 6.45) is 1.31. The minimum atomic E-state index is -0.314. The standard InChI is InChI=1S/C20H31N3O3/c1-15(2)23-17-12-8-7-11-16(17)21(18(23)24)13-9-10-14-22(19(25)26-6)20(3,4)5/h7-8,11-12,15H,9-10,13-14H2,1-6H3. The van der Waals surface area contributed by atoms with Crippen molar-refractivity contribution in [2.45, 2.75) is 65.6 Å². The molecule has 1 aromatic heterocycles. The smallest absolute Gasteiger partial charge is 0.409 e. The van der Waals surface area contributed by atoms with Gasteiger partial charge in [0.05, 0.1) is 18.1 Å². The van der Waals surface area contributed by atoms with Gasteiger partial charge in [-0.05, 0) is 59.6 Å². The van der Waals surface area contributed by atoms with Crippen LogP contribution in [0.15, 0.2) is 29.1 Å². The number of imidazole rings is 1. The maximum atomic E-state index is 12.8. The number of nitrogens with zero attached hydrogens (tertiary/aromatic N) is 3. The number of hydrogen-bond donors (Lipinski definition) is 0. The van der Waals surface area contributed by atoms with Gasteiger partial charge in [-0.1, -0.05) is 12.1 Å². The molecule has 1 aromatic carbocycles. The fraction of sp³-hybridized carbons (Fsp3) is 0.600. The van der Waals surface area contributed by atoms with Crippen molar-refractivity contribution < 1.29 is 9.53 Å². The summed E-state index contributed by atoms with van der Waals surface area (Å²) >= 11 is 0. The van der Waals surface area contributed by atoms with E-state index in [0.717, 1.165) is 23.9 Å². The highest BCUT2D eigenvalue weighted by molar-refractivity contribution is 5.76. The van der Waals surface area contributed by atoms with Gasteiger partial charge in [0.1, 0.15) is 0 Å². The average Bonchev–Trinajstić information content (AvgIpc) is 2.85. The molecule has 6 heteroatoms. The zero-order valence-electron chi connectivity index (χ0n) is 16.8.